The number of nitrogens with two attached hydrogens (primary N) is 1. The Balaban J connectivity index is 1.96. The number of carbonyl (C=O) groups excluding carboxylic acids is 1. The molecule has 0 aromatic heterocycles. The lowest BCUT2D eigenvalue weighted by atomic mass is 10.2. The Morgan fingerprint density at radius 1 is 1.55 bits per heavy atom. The molecule has 1 aliphatic heterocycles. The van der Waals surface area contributed by atoms with Crippen LogP contribution in [0.3, 0.4) is 0 Å². The van der Waals surface area contributed by atoms with E-state index in [0.29, 0.717) is 19.1 Å². The molecule has 6 nitrogen and oxygen atoms in total. The van der Waals surface area contributed by atoms with Gasteiger partial charge in [0.05, 0.1) is 6.54 Å². The van der Waals surface area contributed by atoms with Gasteiger partial charge in [-0.05, 0) is 37.5 Å². The maximum atomic E-state index is 12.0. The van der Waals surface area contributed by atoms with Crippen molar-refractivity contribution in [3.8, 4) is 0 Å². The minimum absolute atomic E-state index is 0.0802. The molecule has 120 valence electrons. The Bertz CT molecular complexity index is 539. The summed E-state index contributed by atoms with van der Waals surface area (Å²) >= 11 is 0. The lowest BCUT2D eigenvalue weighted by molar-refractivity contribution is -0.124. The van der Waals surface area contributed by atoms with Crippen molar-refractivity contribution in [3.63, 3.8) is 0 Å². The van der Waals surface area contributed by atoms with Crippen LogP contribution in [0, 0.1) is 0 Å². The van der Waals surface area contributed by atoms with Gasteiger partial charge in [0, 0.05) is 25.9 Å². The van der Waals surface area contributed by atoms with Crippen LogP contribution in [0.15, 0.2) is 29.3 Å². The summed E-state index contributed by atoms with van der Waals surface area (Å²) in [6.07, 6.45) is 1.41. The molecule has 1 saturated heterocycles. The molecule has 1 atom stereocenters. The minimum atomic E-state index is -0.324. The zero-order valence-electron chi connectivity index (χ0n) is 13.2. The maximum absolute atomic E-state index is 12.0. The highest BCUT2D eigenvalue weighted by Gasteiger charge is 2.23. The van der Waals surface area contributed by atoms with Gasteiger partial charge in [0.15, 0.2) is 5.96 Å². The fourth-order valence-corrected chi connectivity index (χ4v) is 2.21. The molecule has 6 heteroatoms. The molecule has 0 spiro atoms. The average molecular weight is 304 g/mol. The van der Waals surface area contributed by atoms with Gasteiger partial charge in [-0.15, -0.1) is 0 Å². The fourth-order valence-electron chi connectivity index (χ4n) is 2.21. The Morgan fingerprint density at radius 2 is 2.36 bits per heavy atom. The zero-order chi connectivity index (χ0) is 15.9. The van der Waals surface area contributed by atoms with Crippen molar-refractivity contribution in [2.45, 2.75) is 32.4 Å². The molecule has 1 aromatic carbocycles. The number of benzene rings is 1. The van der Waals surface area contributed by atoms with E-state index in [1.54, 1.807) is 0 Å². The van der Waals surface area contributed by atoms with Crippen LogP contribution in [0.1, 0.15) is 25.3 Å². The molecule has 22 heavy (non-hydrogen) atoms. The van der Waals surface area contributed by atoms with Crippen LogP contribution < -0.4 is 11.1 Å². The largest absolute Gasteiger partial charge is 0.370 e. The van der Waals surface area contributed by atoms with Gasteiger partial charge in [-0.3, -0.25) is 4.79 Å². The molecule has 0 saturated carbocycles. The molecule has 2 rings (SSSR count). The Hall–Kier alpha value is -2.08. The van der Waals surface area contributed by atoms with E-state index in [2.05, 4.69) is 10.3 Å². The number of nitrogens with zero attached hydrogens (tertiary/aromatic N) is 2. The number of carbonyl (C=O) groups is 1. The number of guanidine groups is 1. The van der Waals surface area contributed by atoms with Crippen LogP contribution in [0.25, 0.3) is 0 Å². The van der Waals surface area contributed by atoms with Gasteiger partial charge in [0.25, 0.3) is 5.91 Å². The SMILES string of the molecule is CCN(C)C(N)=NCc1cccc(NC(=O)C2CCCO2)c1. The summed E-state index contributed by atoms with van der Waals surface area (Å²) in [6, 6.07) is 7.64. The number of rotatable bonds is 5. The number of anilines is 1. The van der Waals surface area contributed by atoms with E-state index in [0.717, 1.165) is 30.6 Å². The van der Waals surface area contributed by atoms with Gasteiger partial charge >= 0.3 is 0 Å². The summed E-state index contributed by atoms with van der Waals surface area (Å²) in [5, 5.41) is 2.89. The van der Waals surface area contributed by atoms with E-state index in [-0.39, 0.29) is 12.0 Å². The van der Waals surface area contributed by atoms with Crippen molar-refractivity contribution in [1.82, 2.24) is 4.90 Å². The summed E-state index contributed by atoms with van der Waals surface area (Å²) in [7, 11) is 1.90. The standard InChI is InChI=1S/C16H24N4O2/c1-3-20(2)16(17)18-11-12-6-4-7-13(10-12)19-15(21)14-8-5-9-22-14/h4,6-7,10,14H,3,5,8-9,11H2,1-2H3,(H2,17,18)(H,19,21). The van der Waals surface area contributed by atoms with Crippen LogP contribution in [0.2, 0.25) is 0 Å². The van der Waals surface area contributed by atoms with Crippen LogP contribution in [-0.2, 0) is 16.1 Å². The second kappa shape index (κ2) is 7.79. The summed E-state index contributed by atoms with van der Waals surface area (Å²) in [5.41, 5.74) is 7.62. The maximum Gasteiger partial charge on any atom is 0.253 e. The topological polar surface area (TPSA) is 80.0 Å². The molecule has 1 unspecified atom stereocenters. The normalized spacial score (nSPS) is 18.3. The quantitative estimate of drug-likeness (QED) is 0.639. The first-order valence-corrected chi connectivity index (χ1v) is 7.62. The average Bonchev–Trinajstić information content (AvgIpc) is 3.06. The first-order chi connectivity index (χ1) is 10.6. The zero-order valence-corrected chi connectivity index (χ0v) is 13.2. The molecular formula is C16H24N4O2. The van der Waals surface area contributed by atoms with Gasteiger partial charge in [-0.2, -0.15) is 0 Å². The van der Waals surface area contributed by atoms with Gasteiger partial charge in [0.1, 0.15) is 6.10 Å². The molecular weight excluding hydrogens is 280 g/mol. The molecule has 1 heterocycles. The number of nitrogens with one attached hydrogen (secondary N) is 1. The van der Waals surface area contributed by atoms with E-state index in [1.165, 1.54) is 0 Å². The second-order valence-electron chi connectivity index (χ2n) is 5.38. The molecule has 1 fully saturated rings. The number of hydrogen-bond acceptors (Lipinski definition) is 3. The first-order valence-electron chi connectivity index (χ1n) is 7.62. The highest BCUT2D eigenvalue weighted by Crippen LogP contribution is 2.16. The Kier molecular flexibility index (Phi) is 5.77. The molecule has 0 radical (unpaired) electrons. The summed E-state index contributed by atoms with van der Waals surface area (Å²) in [6.45, 7) is 3.98. The van der Waals surface area contributed by atoms with Crippen molar-refractivity contribution >= 4 is 17.6 Å². The third kappa shape index (κ3) is 4.46. The van der Waals surface area contributed by atoms with Gasteiger partial charge < -0.3 is 20.7 Å². The summed E-state index contributed by atoms with van der Waals surface area (Å²) in [5.74, 6) is 0.430. The van der Waals surface area contributed by atoms with E-state index in [4.69, 9.17) is 10.5 Å². The van der Waals surface area contributed by atoms with E-state index < -0.39 is 0 Å². The van der Waals surface area contributed by atoms with Gasteiger partial charge in [-0.1, -0.05) is 12.1 Å². The monoisotopic (exact) mass is 304 g/mol. The highest BCUT2D eigenvalue weighted by atomic mass is 16.5. The minimum Gasteiger partial charge on any atom is -0.370 e. The van der Waals surface area contributed by atoms with Crippen molar-refractivity contribution in [3.05, 3.63) is 29.8 Å². The number of aliphatic imine (C=N–C) groups is 1. The molecule has 1 aliphatic rings. The fraction of sp³-hybridized carbons (Fsp3) is 0.500. The predicted octanol–water partition coefficient (Wildman–Crippen LogP) is 1.57. The van der Waals surface area contributed by atoms with Crippen LogP contribution in [0.4, 0.5) is 5.69 Å². The summed E-state index contributed by atoms with van der Waals surface area (Å²) < 4.78 is 5.38. The lowest BCUT2D eigenvalue weighted by Gasteiger charge is -2.15. The van der Waals surface area contributed by atoms with E-state index in [1.807, 2.05) is 43.1 Å². The smallest absolute Gasteiger partial charge is 0.253 e. The highest BCUT2D eigenvalue weighted by molar-refractivity contribution is 5.94. The third-order valence-electron chi connectivity index (χ3n) is 3.71. The van der Waals surface area contributed by atoms with Crippen molar-refractivity contribution in [2.24, 2.45) is 10.7 Å². The molecule has 0 bridgehead atoms. The summed E-state index contributed by atoms with van der Waals surface area (Å²) in [4.78, 5) is 18.3. The van der Waals surface area contributed by atoms with Crippen molar-refractivity contribution in [2.75, 3.05) is 25.5 Å². The van der Waals surface area contributed by atoms with Crippen LogP contribution in [-0.4, -0.2) is 43.1 Å². The van der Waals surface area contributed by atoms with Crippen LogP contribution in [0.5, 0.6) is 0 Å². The third-order valence-corrected chi connectivity index (χ3v) is 3.71. The Morgan fingerprint density at radius 3 is 3.05 bits per heavy atom. The van der Waals surface area contributed by atoms with Gasteiger partial charge in [-0.25, -0.2) is 4.99 Å². The van der Waals surface area contributed by atoms with Crippen molar-refractivity contribution < 1.29 is 9.53 Å². The number of ether oxygens (including phenoxy) is 1. The molecule has 3 N–H and O–H groups in total. The van der Waals surface area contributed by atoms with E-state index >= 15 is 0 Å². The van der Waals surface area contributed by atoms with Crippen molar-refractivity contribution in [1.29, 1.82) is 0 Å². The number of amides is 1. The predicted molar refractivity (Wildman–Crippen MR) is 87.7 cm³/mol. The molecule has 1 amide bonds. The van der Waals surface area contributed by atoms with Crippen LogP contribution >= 0.6 is 0 Å². The van der Waals surface area contributed by atoms with E-state index in [9.17, 15) is 4.79 Å². The molecule has 1 aromatic rings. The Labute approximate surface area is 131 Å². The molecule has 0 aliphatic carbocycles. The van der Waals surface area contributed by atoms with Gasteiger partial charge in [0.2, 0.25) is 0 Å². The lowest BCUT2D eigenvalue weighted by Crippen LogP contribution is -2.33. The second-order valence-corrected chi connectivity index (χ2v) is 5.38. The number of hydrogen-bond donors (Lipinski definition) is 2. The first kappa shape index (κ1) is 16.3.